The minimum Gasteiger partial charge on any atom is -0.507 e. The first kappa shape index (κ1) is 23.6. The first-order valence-electron chi connectivity index (χ1n) is 10.1. The molecule has 3 rings (SSSR count). The van der Waals surface area contributed by atoms with E-state index in [-0.39, 0.29) is 40.2 Å². The molecule has 0 aliphatic carbocycles. The fraction of sp³-hybridized carbons (Fsp3) is 0.500. The molecule has 1 amide bonds. The van der Waals surface area contributed by atoms with E-state index in [1.54, 1.807) is 27.7 Å². The number of benzene rings is 1. The third kappa shape index (κ3) is 4.28. The zero-order chi connectivity index (χ0) is 24.0. The molecule has 2 aromatic rings. The van der Waals surface area contributed by atoms with Crippen LogP contribution in [0.4, 0.5) is 4.79 Å². The van der Waals surface area contributed by atoms with Gasteiger partial charge in [-0.05, 0) is 39.8 Å². The van der Waals surface area contributed by atoms with Crippen LogP contribution in [0.15, 0.2) is 21.3 Å². The van der Waals surface area contributed by atoms with Gasteiger partial charge in [-0.25, -0.2) is 9.59 Å². The highest BCUT2D eigenvalue weighted by Gasteiger charge is 2.50. The van der Waals surface area contributed by atoms with Gasteiger partial charge in [0.2, 0.25) is 6.29 Å². The quantitative estimate of drug-likeness (QED) is 0.580. The molecule has 0 radical (unpaired) electrons. The lowest BCUT2D eigenvalue weighted by Gasteiger charge is -2.47. The molecule has 0 spiro atoms. The van der Waals surface area contributed by atoms with Crippen molar-refractivity contribution in [1.29, 1.82) is 0 Å². The van der Waals surface area contributed by atoms with E-state index in [0.29, 0.717) is 5.56 Å². The Morgan fingerprint density at radius 2 is 1.94 bits per heavy atom. The van der Waals surface area contributed by atoms with Crippen molar-refractivity contribution >= 4 is 22.8 Å². The summed E-state index contributed by atoms with van der Waals surface area (Å²) < 4.78 is 22.2. The number of ether oxygens (including phenoxy) is 3. The van der Waals surface area contributed by atoms with Crippen molar-refractivity contribution in [3.05, 3.63) is 33.7 Å². The van der Waals surface area contributed by atoms with Crippen LogP contribution < -0.4 is 16.1 Å². The van der Waals surface area contributed by atoms with Gasteiger partial charge in [0.1, 0.15) is 29.0 Å². The number of Topliss-reactive ketones (excluding diaryl/α,β-unsaturated/α-hetero) is 1. The molecule has 1 saturated heterocycles. The molecule has 174 valence electrons. The summed E-state index contributed by atoms with van der Waals surface area (Å²) in [4.78, 5) is 35.0. The van der Waals surface area contributed by atoms with Crippen molar-refractivity contribution in [2.45, 2.75) is 65.1 Å². The molecular formula is C22H27NO9. The van der Waals surface area contributed by atoms with E-state index in [4.69, 9.17) is 24.4 Å². The average Bonchev–Trinajstić information content (AvgIpc) is 2.68. The fourth-order valence-electron chi connectivity index (χ4n) is 3.79. The average molecular weight is 449 g/mol. The highest BCUT2D eigenvalue weighted by atomic mass is 16.7. The summed E-state index contributed by atoms with van der Waals surface area (Å²) in [5.74, 6) is -0.805. The van der Waals surface area contributed by atoms with Gasteiger partial charge < -0.3 is 34.6 Å². The number of hydrogen-bond acceptors (Lipinski definition) is 9. The maximum Gasteiger partial charge on any atom is 0.404 e. The molecule has 0 bridgehead atoms. The van der Waals surface area contributed by atoms with Crippen LogP contribution in [0.25, 0.3) is 11.0 Å². The molecule has 4 atom stereocenters. The molecule has 10 heteroatoms. The number of carbonyl (C=O) groups is 2. The number of aromatic hydroxyl groups is 1. The van der Waals surface area contributed by atoms with Crippen molar-refractivity contribution in [2.75, 3.05) is 0 Å². The first-order chi connectivity index (χ1) is 14.8. The van der Waals surface area contributed by atoms with E-state index in [1.807, 2.05) is 0 Å². The second-order valence-corrected chi connectivity index (χ2v) is 8.55. The molecule has 1 unspecified atom stereocenters. The SMILES string of the molecule is CC(=O)Cc1c(O)c2ccc(OC3OC(C)(C)[C@H](C)[C@@H](OC(N)=O)[C@@H]3O)c(C)c2oc1=O. The molecule has 2 heterocycles. The molecule has 32 heavy (non-hydrogen) atoms. The van der Waals surface area contributed by atoms with Gasteiger partial charge in [-0.2, -0.15) is 0 Å². The normalized spacial score (nSPS) is 24.8. The lowest BCUT2D eigenvalue weighted by atomic mass is 9.82. The van der Waals surface area contributed by atoms with Crippen molar-refractivity contribution < 1.29 is 38.4 Å². The van der Waals surface area contributed by atoms with E-state index in [9.17, 15) is 24.6 Å². The lowest BCUT2D eigenvalue weighted by Crippen LogP contribution is -2.61. The van der Waals surface area contributed by atoms with Crippen molar-refractivity contribution in [2.24, 2.45) is 11.7 Å². The van der Waals surface area contributed by atoms with Gasteiger partial charge in [0.15, 0.2) is 6.10 Å². The van der Waals surface area contributed by atoms with Gasteiger partial charge in [-0.15, -0.1) is 0 Å². The van der Waals surface area contributed by atoms with Crippen LogP contribution in [0.2, 0.25) is 0 Å². The van der Waals surface area contributed by atoms with Gasteiger partial charge in [0.25, 0.3) is 0 Å². The Morgan fingerprint density at radius 3 is 2.53 bits per heavy atom. The summed E-state index contributed by atoms with van der Waals surface area (Å²) in [6.45, 7) is 8.18. The number of aryl methyl sites for hydroxylation is 1. The molecule has 1 fully saturated rings. The number of rotatable bonds is 5. The van der Waals surface area contributed by atoms with Gasteiger partial charge in [-0.3, -0.25) is 4.79 Å². The Kier molecular flexibility index (Phi) is 6.21. The molecule has 1 aliphatic heterocycles. The van der Waals surface area contributed by atoms with Gasteiger partial charge in [0.05, 0.1) is 16.6 Å². The maximum atomic E-state index is 12.3. The summed E-state index contributed by atoms with van der Waals surface area (Å²) in [5.41, 5.74) is 3.80. The summed E-state index contributed by atoms with van der Waals surface area (Å²) in [6.07, 6.45) is -4.83. The number of nitrogens with two attached hydrogens (primary N) is 1. The van der Waals surface area contributed by atoms with Crippen LogP contribution in [-0.2, 0) is 20.7 Å². The molecule has 1 aliphatic rings. The Hall–Kier alpha value is -3.11. The van der Waals surface area contributed by atoms with Crippen LogP contribution >= 0.6 is 0 Å². The number of aliphatic hydroxyl groups excluding tert-OH is 1. The smallest absolute Gasteiger partial charge is 0.404 e. The van der Waals surface area contributed by atoms with Crippen molar-refractivity contribution in [3.8, 4) is 11.5 Å². The number of aliphatic hydroxyl groups is 1. The number of carbonyl (C=O) groups excluding carboxylic acids is 2. The summed E-state index contributed by atoms with van der Waals surface area (Å²) in [5, 5.41) is 21.5. The minimum atomic E-state index is -1.35. The Labute approximate surface area is 183 Å². The highest BCUT2D eigenvalue weighted by Crippen LogP contribution is 2.39. The van der Waals surface area contributed by atoms with Crippen LogP contribution in [0, 0.1) is 12.8 Å². The van der Waals surface area contributed by atoms with Crippen LogP contribution in [-0.4, -0.2) is 46.2 Å². The molecule has 4 N–H and O–H groups in total. The van der Waals surface area contributed by atoms with E-state index < -0.39 is 41.7 Å². The monoisotopic (exact) mass is 449 g/mol. The molecular weight excluding hydrogens is 422 g/mol. The number of primary amides is 1. The maximum absolute atomic E-state index is 12.3. The predicted octanol–water partition coefficient (Wildman–Crippen LogP) is 1.91. The Bertz CT molecular complexity index is 1120. The van der Waals surface area contributed by atoms with Gasteiger partial charge >= 0.3 is 11.7 Å². The largest absolute Gasteiger partial charge is 0.507 e. The fourth-order valence-corrected chi connectivity index (χ4v) is 3.79. The third-order valence-electron chi connectivity index (χ3n) is 5.88. The Morgan fingerprint density at radius 1 is 1.28 bits per heavy atom. The van der Waals surface area contributed by atoms with Crippen molar-refractivity contribution in [1.82, 2.24) is 0 Å². The second-order valence-electron chi connectivity index (χ2n) is 8.55. The van der Waals surface area contributed by atoms with E-state index in [2.05, 4.69) is 0 Å². The zero-order valence-corrected chi connectivity index (χ0v) is 18.5. The Balaban J connectivity index is 1.99. The molecule has 1 aromatic heterocycles. The molecule has 0 saturated carbocycles. The van der Waals surface area contributed by atoms with Gasteiger partial charge in [0, 0.05) is 17.9 Å². The van der Waals surface area contributed by atoms with E-state index in [0.717, 1.165) is 0 Å². The predicted molar refractivity (Wildman–Crippen MR) is 112 cm³/mol. The van der Waals surface area contributed by atoms with Crippen LogP contribution in [0.1, 0.15) is 38.8 Å². The third-order valence-corrected chi connectivity index (χ3v) is 5.88. The standard InChI is InChI=1S/C22H27NO9/c1-9(24)8-13-15(25)12-6-7-14(10(2)17(12)30-19(13)27)29-20-16(26)18(31-21(23)28)11(3)22(4,5)32-20/h6-7,11,16,18,20,25-26H,8H2,1-5H3,(H2,23,28)/t11-,16+,18-,20?/m1/s1. The number of amides is 1. The second kappa shape index (κ2) is 8.44. The number of ketones is 1. The lowest BCUT2D eigenvalue weighted by molar-refractivity contribution is -0.283. The summed E-state index contributed by atoms with van der Waals surface area (Å²) in [6, 6.07) is 2.99. The number of hydrogen-bond donors (Lipinski definition) is 3. The zero-order valence-electron chi connectivity index (χ0n) is 18.5. The minimum absolute atomic E-state index is 0.0696. The van der Waals surface area contributed by atoms with Gasteiger partial charge in [-0.1, -0.05) is 6.92 Å². The molecule has 1 aromatic carbocycles. The van der Waals surface area contributed by atoms with E-state index in [1.165, 1.54) is 19.1 Å². The molecule has 10 nitrogen and oxygen atoms in total. The van der Waals surface area contributed by atoms with Crippen molar-refractivity contribution in [3.63, 3.8) is 0 Å². The number of fused-ring (bicyclic) bond motifs is 1. The van der Waals surface area contributed by atoms with Crippen LogP contribution in [0.5, 0.6) is 11.5 Å². The first-order valence-corrected chi connectivity index (χ1v) is 10.1. The topological polar surface area (TPSA) is 159 Å². The highest BCUT2D eigenvalue weighted by molar-refractivity contribution is 5.89. The van der Waals surface area contributed by atoms with E-state index >= 15 is 0 Å². The summed E-state index contributed by atoms with van der Waals surface area (Å²) >= 11 is 0. The van der Waals surface area contributed by atoms with Crippen LogP contribution in [0.3, 0.4) is 0 Å². The summed E-state index contributed by atoms with van der Waals surface area (Å²) in [7, 11) is 0.